The third kappa shape index (κ3) is 2.20. The van der Waals surface area contributed by atoms with E-state index in [1.54, 1.807) is 0 Å². The van der Waals surface area contributed by atoms with Crippen LogP contribution >= 0.6 is 0 Å². The lowest BCUT2D eigenvalue weighted by atomic mass is 9.87. The van der Waals surface area contributed by atoms with Crippen molar-refractivity contribution in [2.24, 2.45) is 5.92 Å². The van der Waals surface area contributed by atoms with E-state index in [0.29, 0.717) is 0 Å². The third-order valence-corrected chi connectivity index (χ3v) is 3.23. The van der Waals surface area contributed by atoms with Crippen LogP contribution in [0.4, 0.5) is 0 Å². The van der Waals surface area contributed by atoms with Crippen LogP contribution in [-0.4, -0.2) is 37.6 Å². The van der Waals surface area contributed by atoms with E-state index in [0.717, 1.165) is 18.0 Å². The smallest absolute Gasteiger partial charge is 0.00698 e. The monoisotopic (exact) mass is 170 g/mol. The Bertz CT molecular complexity index is 124. The average molecular weight is 170 g/mol. The van der Waals surface area contributed by atoms with Gasteiger partial charge in [-0.2, -0.15) is 0 Å². The first kappa shape index (κ1) is 10.0. The van der Waals surface area contributed by atoms with Crippen LogP contribution < -0.4 is 5.32 Å². The summed E-state index contributed by atoms with van der Waals surface area (Å²) in [6, 6.07) is 1.51. The van der Waals surface area contributed by atoms with Crippen LogP contribution in [0.5, 0.6) is 0 Å². The van der Waals surface area contributed by atoms with Crippen LogP contribution in [0, 0.1) is 5.92 Å². The van der Waals surface area contributed by atoms with E-state index >= 15 is 0 Å². The van der Waals surface area contributed by atoms with Crippen molar-refractivity contribution in [3.8, 4) is 0 Å². The fourth-order valence-corrected chi connectivity index (χ4v) is 2.28. The van der Waals surface area contributed by atoms with Crippen molar-refractivity contribution in [1.29, 1.82) is 0 Å². The van der Waals surface area contributed by atoms with Crippen LogP contribution in [0.2, 0.25) is 0 Å². The van der Waals surface area contributed by atoms with E-state index in [-0.39, 0.29) is 0 Å². The van der Waals surface area contributed by atoms with Gasteiger partial charge in [0.05, 0.1) is 0 Å². The molecule has 1 heterocycles. The van der Waals surface area contributed by atoms with Crippen molar-refractivity contribution >= 4 is 0 Å². The van der Waals surface area contributed by atoms with Crippen LogP contribution in [0.15, 0.2) is 0 Å². The summed E-state index contributed by atoms with van der Waals surface area (Å²) in [5.74, 6) is 0.885. The normalized spacial score (nSPS) is 38.5. The maximum atomic E-state index is 3.27. The van der Waals surface area contributed by atoms with E-state index in [9.17, 15) is 0 Å². The Balaban J connectivity index is 2.42. The van der Waals surface area contributed by atoms with Gasteiger partial charge in [-0.05, 0) is 53.2 Å². The molecular weight excluding hydrogens is 148 g/mol. The van der Waals surface area contributed by atoms with Gasteiger partial charge in [0.25, 0.3) is 0 Å². The molecule has 0 amide bonds. The Morgan fingerprint density at radius 1 is 1.25 bits per heavy atom. The van der Waals surface area contributed by atoms with Crippen molar-refractivity contribution in [3.05, 3.63) is 0 Å². The molecule has 0 aromatic carbocycles. The van der Waals surface area contributed by atoms with Gasteiger partial charge >= 0.3 is 0 Å². The zero-order chi connectivity index (χ0) is 9.14. The lowest BCUT2D eigenvalue weighted by molar-refractivity contribution is 0.0983. The second-order valence-corrected chi connectivity index (χ2v) is 4.26. The van der Waals surface area contributed by atoms with Gasteiger partial charge in [0.15, 0.2) is 0 Å². The van der Waals surface area contributed by atoms with E-state index in [1.807, 2.05) is 7.05 Å². The lowest BCUT2D eigenvalue weighted by Gasteiger charge is -2.40. The standard InChI is InChI=1S/C10H22N2/c1-8-5-10(7-11-3)6-9(2)12(8)4/h8-11H,5-7H2,1-4H3. The molecule has 1 aliphatic rings. The maximum Gasteiger partial charge on any atom is 0.00698 e. The van der Waals surface area contributed by atoms with Crippen LogP contribution in [0.25, 0.3) is 0 Å². The molecule has 0 saturated carbocycles. The van der Waals surface area contributed by atoms with Gasteiger partial charge in [0.1, 0.15) is 0 Å². The number of nitrogens with one attached hydrogen (secondary N) is 1. The Morgan fingerprint density at radius 2 is 1.75 bits per heavy atom. The van der Waals surface area contributed by atoms with Gasteiger partial charge < -0.3 is 10.2 Å². The summed E-state index contributed by atoms with van der Waals surface area (Å²) in [6.07, 6.45) is 2.70. The predicted octanol–water partition coefficient (Wildman–Crippen LogP) is 1.32. The fourth-order valence-electron chi connectivity index (χ4n) is 2.28. The van der Waals surface area contributed by atoms with Gasteiger partial charge in [-0.3, -0.25) is 0 Å². The van der Waals surface area contributed by atoms with Gasteiger partial charge in [-0.15, -0.1) is 0 Å². The van der Waals surface area contributed by atoms with Crippen molar-refractivity contribution in [2.45, 2.75) is 38.8 Å². The first-order chi connectivity index (χ1) is 5.65. The summed E-state index contributed by atoms with van der Waals surface area (Å²) >= 11 is 0. The van der Waals surface area contributed by atoms with Crippen molar-refractivity contribution in [1.82, 2.24) is 10.2 Å². The Labute approximate surface area is 76.3 Å². The summed E-state index contributed by atoms with van der Waals surface area (Å²) in [5.41, 5.74) is 0. The quantitative estimate of drug-likeness (QED) is 0.672. The molecule has 2 nitrogen and oxygen atoms in total. The minimum Gasteiger partial charge on any atom is -0.319 e. The Morgan fingerprint density at radius 3 is 2.17 bits per heavy atom. The summed E-state index contributed by atoms with van der Waals surface area (Å²) < 4.78 is 0. The number of hydrogen-bond acceptors (Lipinski definition) is 2. The molecule has 1 aliphatic heterocycles. The molecule has 0 spiro atoms. The summed E-state index contributed by atoms with van der Waals surface area (Å²) in [7, 11) is 4.29. The number of rotatable bonds is 2. The molecule has 0 bridgehead atoms. The number of nitrogens with zero attached hydrogens (tertiary/aromatic N) is 1. The van der Waals surface area contributed by atoms with Gasteiger partial charge in [0.2, 0.25) is 0 Å². The van der Waals surface area contributed by atoms with E-state index in [4.69, 9.17) is 0 Å². The molecule has 2 unspecified atom stereocenters. The molecule has 1 rings (SSSR count). The second kappa shape index (κ2) is 4.24. The largest absolute Gasteiger partial charge is 0.319 e. The van der Waals surface area contributed by atoms with E-state index in [2.05, 4.69) is 31.1 Å². The Kier molecular flexibility index (Phi) is 3.53. The van der Waals surface area contributed by atoms with Crippen LogP contribution in [-0.2, 0) is 0 Å². The number of likely N-dealkylation sites (tertiary alicyclic amines) is 1. The van der Waals surface area contributed by atoms with Crippen LogP contribution in [0.1, 0.15) is 26.7 Å². The summed E-state index contributed by atoms with van der Waals surface area (Å²) in [5, 5.41) is 3.27. The molecular formula is C10H22N2. The van der Waals surface area contributed by atoms with Crippen molar-refractivity contribution in [2.75, 3.05) is 20.6 Å². The van der Waals surface area contributed by atoms with Crippen molar-refractivity contribution < 1.29 is 0 Å². The van der Waals surface area contributed by atoms with E-state index < -0.39 is 0 Å². The molecule has 2 heteroatoms. The first-order valence-corrected chi connectivity index (χ1v) is 5.01. The highest BCUT2D eigenvalue weighted by molar-refractivity contribution is 4.82. The van der Waals surface area contributed by atoms with Crippen molar-refractivity contribution in [3.63, 3.8) is 0 Å². The lowest BCUT2D eigenvalue weighted by Crippen LogP contribution is -2.45. The molecule has 0 aliphatic carbocycles. The molecule has 0 aromatic rings. The predicted molar refractivity (Wildman–Crippen MR) is 53.3 cm³/mol. The van der Waals surface area contributed by atoms with Gasteiger partial charge in [-0.25, -0.2) is 0 Å². The molecule has 2 atom stereocenters. The first-order valence-electron chi connectivity index (χ1n) is 5.01. The molecule has 72 valence electrons. The summed E-state index contributed by atoms with van der Waals surface area (Å²) in [4.78, 5) is 2.49. The highest BCUT2D eigenvalue weighted by Crippen LogP contribution is 2.25. The fraction of sp³-hybridized carbons (Fsp3) is 1.00. The average Bonchev–Trinajstić information content (AvgIpc) is 2.01. The topological polar surface area (TPSA) is 15.3 Å². The maximum absolute atomic E-state index is 3.27. The third-order valence-electron chi connectivity index (χ3n) is 3.23. The van der Waals surface area contributed by atoms with Gasteiger partial charge in [-0.1, -0.05) is 0 Å². The molecule has 1 saturated heterocycles. The number of hydrogen-bond donors (Lipinski definition) is 1. The molecule has 12 heavy (non-hydrogen) atoms. The second-order valence-electron chi connectivity index (χ2n) is 4.26. The van der Waals surface area contributed by atoms with E-state index in [1.165, 1.54) is 19.4 Å². The zero-order valence-corrected chi connectivity index (χ0v) is 8.80. The Hall–Kier alpha value is -0.0800. The highest BCUT2D eigenvalue weighted by atomic mass is 15.2. The zero-order valence-electron chi connectivity index (χ0n) is 8.80. The molecule has 1 fully saturated rings. The molecule has 1 N–H and O–H groups in total. The summed E-state index contributed by atoms with van der Waals surface area (Å²) in [6.45, 7) is 5.85. The minimum absolute atomic E-state index is 0.757. The molecule has 0 radical (unpaired) electrons. The van der Waals surface area contributed by atoms with Gasteiger partial charge in [0, 0.05) is 12.1 Å². The minimum atomic E-state index is 0.757. The van der Waals surface area contributed by atoms with Crippen LogP contribution in [0.3, 0.4) is 0 Å². The highest BCUT2D eigenvalue weighted by Gasteiger charge is 2.27. The SMILES string of the molecule is CNCC1CC(C)N(C)C(C)C1. The number of piperidine rings is 1. The molecule has 0 aromatic heterocycles.